The molecule has 0 radical (unpaired) electrons. The van der Waals surface area contributed by atoms with Crippen LogP contribution in [0.3, 0.4) is 0 Å². The smallest absolute Gasteiger partial charge is 0.273 e. The first-order valence-corrected chi connectivity index (χ1v) is 13.6. The van der Waals surface area contributed by atoms with Crippen LogP contribution in [0, 0.1) is 0 Å². The zero-order valence-corrected chi connectivity index (χ0v) is 22.1. The molecule has 0 N–H and O–H groups in total. The standard InChI is InChI=1S/C30H29N3O4S/c1-35-25-9-6-21(7-10-25)15-32(16-22-8-11-27-28(14-22)37-20-36-27)18-29-31-26(19-38-29)30(34)33-13-12-23-4-2-3-5-24(23)17-33/h2-11,14,19H,12-13,15-18,20H2,1H3. The van der Waals surface area contributed by atoms with Crippen molar-refractivity contribution in [1.82, 2.24) is 14.8 Å². The minimum Gasteiger partial charge on any atom is -0.497 e. The van der Waals surface area contributed by atoms with Crippen molar-refractivity contribution in [3.8, 4) is 17.2 Å². The van der Waals surface area contributed by atoms with Crippen LogP contribution in [0.2, 0.25) is 0 Å². The second-order valence-electron chi connectivity index (χ2n) is 9.55. The third-order valence-corrected chi connectivity index (χ3v) is 7.79. The number of hydrogen-bond acceptors (Lipinski definition) is 7. The highest BCUT2D eigenvalue weighted by Crippen LogP contribution is 2.33. The lowest BCUT2D eigenvalue weighted by molar-refractivity contribution is 0.0729. The van der Waals surface area contributed by atoms with Gasteiger partial charge in [-0.15, -0.1) is 11.3 Å². The number of carbonyl (C=O) groups excluding carboxylic acids is 1. The summed E-state index contributed by atoms with van der Waals surface area (Å²) in [6, 6.07) is 22.5. The molecule has 0 atom stereocenters. The molecule has 194 valence electrons. The second-order valence-corrected chi connectivity index (χ2v) is 10.5. The summed E-state index contributed by atoms with van der Waals surface area (Å²) < 4.78 is 16.4. The monoisotopic (exact) mass is 527 g/mol. The number of carbonyl (C=O) groups is 1. The zero-order valence-electron chi connectivity index (χ0n) is 21.3. The third-order valence-electron chi connectivity index (χ3n) is 6.96. The van der Waals surface area contributed by atoms with Gasteiger partial charge in [-0.25, -0.2) is 4.98 Å². The number of methoxy groups -OCH3 is 1. The molecule has 0 saturated carbocycles. The molecule has 4 aromatic rings. The SMILES string of the molecule is COc1ccc(CN(Cc2ccc3c(c2)OCO3)Cc2nc(C(=O)N3CCc4ccccc4C3)cs2)cc1. The Balaban J connectivity index is 1.18. The van der Waals surface area contributed by atoms with Crippen LogP contribution in [-0.2, 0) is 32.6 Å². The van der Waals surface area contributed by atoms with E-state index < -0.39 is 0 Å². The Morgan fingerprint density at radius 2 is 1.74 bits per heavy atom. The Bertz CT molecular complexity index is 1440. The maximum Gasteiger partial charge on any atom is 0.273 e. The van der Waals surface area contributed by atoms with Gasteiger partial charge < -0.3 is 19.1 Å². The van der Waals surface area contributed by atoms with E-state index >= 15 is 0 Å². The first-order valence-electron chi connectivity index (χ1n) is 12.7. The van der Waals surface area contributed by atoms with Crippen LogP contribution in [0.4, 0.5) is 0 Å². The molecular formula is C30H29N3O4S. The molecule has 2 aliphatic heterocycles. The van der Waals surface area contributed by atoms with Gasteiger partial charge in [-0.2, -0.15) is 0 Å². The largest absolute Gasteiger partial charge is 0.497 e. The van der Waals surface area contributed by atoms with Gasteiger partial charge in [0.25, 0.3) is 5.91 Å². The van der Waals surface area contributed by atoms with E-state index in [1.54, 1.807) is 7.11 Å². The van der Waals surface area contributed by atoms with Crippen LogP contribution in [-0.4, -0.2) is 41.1 Å². The Labute approximate surface area is 226 Å². The van der Waals surface area contributed by atoms with E-state index in [1.165, 1.54) is 28.0 Å². The average molecular weight is 528 g/mol. The molecule has 38 heavy (non-hydrogen) atoms. The summed E-state index contributed by atoms with van der Waals surface area (Å²) in [5.41, 5.74) is 5.37. The van der Waals surface area contributed by atoms with E-state index in [1.807, 2.05) is 40.6 Å². The third kappa shape index (κ3) is 5.37. The summed E-state index contributed by atoms with van der Waals surface area (Å²) in [5, 5.41) is 2.81. The van der Waals surface area contributed by atoms with Crippen LogP contribution in [0.1, 0.15) is 37.7 Å². The normalized spacial score (nSPS) is 14.0. The highest BCUT2D eigenvalue weighted by molar-refractivity contribution is 7.09. The van der Waals surface area contributed by atoms with Crippen LogP contribution in [0.15, 0.2) is 72.1 Å². The van der Waals surface area contributed by atoms with Crippen LogP contribution in [0.25, 0.3) is 0 Å². The van der Waals surface area contributed by atoms with Crippen molar-refractivity contribution in [3.05, 3.63) is 105 Å². The molecule has 3 aromatic carbocycles. The fourth-order valence-electron chi connectivity index (χ4n) is 4.96. The summed E-state index contributed by atoms with van der Waals surface area (Å²) in [4.78, 5) is 22.3. The van der Waals surface area contributed by atoms with E-state index in [-0.39, 0.29) is 12.7 Å². The summed E-state index contributed by atoms with van der Waals surface area (Å²) in [7, 11) is 1.67. The van der Waals surface area contributed by atoms with Crippen molar-refractivity contribution >= 4 is 17.2 Å². The van der Waals surface area contributed by atoms with Gasteiger partial charge in [-0.3, -0.25) is 9.69 Å². The zero-order chi connectivity index (χ0) is 25.9. The van der Waals surface area contributed by atoms with E-state index in [0.29, 0.717) is 25.3 Å². The van der Waals surface area contributed by atoms with Crippen molar-refractivity contribution in [2.24, 2.45) is 0 Å². The molecule has 0 fully saturated rings. The van der Waals surface area contributed by atoms with E-state index in [2.05, 4.69) is 41.3 Å². The Morgan fingerprint density at radius 3 is 2.58 bits per heavy atom. The highest BCUT2D eigenvalue weighted by Gasteiger charge is 2.24. The lowest BCUT2D eigenvalue weighted by Gasteiger charge is -2.28. The minimum absolute atomic E-state index is 0.000483. The molecule has 8 heteroatoms. The second kappa shape index (κ2) is 10.8. The van der Waals surface area contributed by atoms with Crippen LogP contribution in [0.5, 0.6) is 17.2 Å². The summed E-state index contributed by atoms with van der Waals surface area (Å²) in [5.74, 6) is 2.38. The first-order chi connectivity index (χ1) is 18.6. The number of hydrogen-bond donors (Lipinski definition) is 0. The molecular weight excluding hydrogens is 498 g/mol. The number of rotatable bonds is 8. The van der Waals surface area contributed by atoms with Gasteiger partial charge in [0.2, 0.25) is 6.79 Å². The quantitative estimate of drug-likeness (QED) is 0.311. The number of thiazole rings is 1. The maximum absolute atomic E-state index is 13.3. The number of ether oxygens (including phenoxy) is 3. The molecule has 0 aliphatic carbocycles. The molecule has 1 aromatic heterocycles. The van der Waals surface area contributed by atoms with Crippen molar-refractivity contribution < 1.29 is 19.0 Å². The van der Waals surface area contributed by atoms with Gasteiger partial charge in [0, 0.05) is 31.6 Å². The number of fused-ring (bicyclic) bond motifs is 2. The predicted molar refractivity (Wildman–Crippen MR) is 146 cm³/mol. The van der Waals surface area contributed by atoms with Crippen LogP contribution >= 0.6 is 11.3 Å². The lowest BCUT2D eigenvalue weighted by atomic mass is 10.00. The van der Waals surface area contributed by atoms with Gasteiger partial charge >= 0.3 is 0 Å². The molecule has 0 bridgehead atoms. The molecule has 7 nitrogen and oxygen atoms in total. The molecule has 0 unspecified atom stereocenters. The Morgan fingerprint density at radius 1 is 0.974 bits per heavy atom. The summed E-state index contributed by atoms with van der Waals surface area (Å²) in [6.45, 7) is 3.67. The van der Waals surface area contributed by atoms with E-state index in [4.69, 9.17) is 19.2 Å². The lowest BCUT2D eigenvalue weighted by Crippen LogP contribution is -2.36. The topological polar surface area (TPSA) is 64.1 Å². The summed E-state index contributed by atoms with van der Waals surface area (Å²) in [6.07, 6.45) is 0.879. The fraction of sp³-hybridized carbons (Fsp3) is 0.267. The summed E-state index contributed by atoms with van der Waals surface area (Å²) >= 11 is 1.54. The van der Waals surface area contributed by atoms with Gasteiger partial charge in [-0.1, -0.05) is 42.5 Å². The van der Waals surface area contributed by atoms with Gasteiger partial charge in [-0.05, 0) is 52.9 Å². The van der Waals surface area contributed by atoms with Gasteiger partial charge in [0.1, 0.15) is 16.5 Å². The predicted octanol–water partition coefficient (Wildman–Crippen LogP) is 5.28. The fourth-order valence-corrected chi connectivity index (χ4v) is 5.77. The molecule has 2 aliphatic rings. The molecule has 0 saturated heterocycles. The molecule has 0 spiro atoms. The van der Waals surface area contributed by atoms with Crippen LogP contribution < -0.4 is 14.2 Å². The van der Waals surface area contributed by atoms with E-state index in [0.717, 1.165) is 47.3 Å². The van der Waals surface area contributed by atoms with Crippen molar-refractivity contribution in [2.75, 3.05) is 20.4 Å². The Hall–Kier alpha value is -3.88. The molecule has 1 amide bonds. The molecule has 3 heterocycles. The first kappa shape index (κ1) is 24.5. The van der Waals surface area contributed by atoms with Crippen molar-refractivity contribution in [3.63, 3.8) is 0 Å². The van der Waals surface area contributed by atoms with Gasteiger partial charge in [0.05, 0.1) is 13.7 Å². The highest BCUT2D eigenvalue weighted by atomic mass is 32.1. The average Bonchev–Trinajstić information content (AvgIpc) is 3.62. The maximum atomic E-state index is 13.3. The number of benzene rings is 3. The van der Waals surface area contributed by atoms with Gasteiger partial charge in [0.15, 0.2) is 11.5 Å². The van der Waals surface area contributed by atoms with Crippen molar-refractivity contribution in [1.29, 1.82) is 0 Å². The molecule has 6 rings (SSSR count). The van der Waals surface area contributed by atoms with Crippen molar-refractivity contribution in [2.45, 2.75) is 32.6 Å². The minimum atomic E-state index is -0.000483. The number of nitrogens with zero attached hydrogens (tertiary/aromatic N) is 3. The number of aromatic nitrogens is 1. The van der Waals surface area contributed by atoms with E-state index in [9.17, 15) is 4.79 Å². The number of amides is 1. The Kier molecular flexibility index (Phi) is 6.98.